The molecule has 2 heterocycles. The largest absolute Gasteiger partial charge is 0.493 e. The number of hydrogen-bond donors (Lipinski definition) is 2. The summed E-state index contributed by atoms with van der Waals surface area (Å²) in [6.07, 6.45) is 1.63. The number of carbonyl (C=O) groups excluding carboxylic acids is 2. The zero-order valence-corrected chi connectivity index (χ0v) is 16.0. The molecule has 7 nitrogen and oxygen atoms in total. The first-order chi connectivity index (χ1) is 13.1. The number of amides is 2. The number of methoxy groups -OCH3 is 2. The van der Waals surface area contributed by atoms with Crippen LogP contribution in [-0.4, -0.2) is 55.2 Å². The third kappa shape index (κ3) is 3.91. The minimum absolute atomic E-state index is 0.0687. The molecule has 1 aromatic carbocycles. The van der Waals surface area contributed by atoms with Crippen molar-refractivity contribution in [2.24, 2.45) is 0 Å². The van der Waals surface area contributed by atoms with Crippen LogP contribution >= 0.6 is 11.3 Å². The topological polar surface area (TPSA) is 88.1 Å². The van der Waals surface area contributed by atoms with Gasteiger partial charge in [-0.05, 0) is 36.4 Å². The van der Waals surface area contributed by atoms with Crippen molar-refractivity contribution in [1.82, 2.24) is 4.90 Å². The molecule has 2 aromatic rings. The van der Waals surface area contributed by atoms with E-state index in [4.69, 9.17) is 9.47 Å². The van der Waals surface area contributed by atoms with Crippen molar-refractivity contribution in [3.05, 3.63) is 40.1 Å². The van der Waals surface area contributed by atoms with Crippen molar-refractivity contribution < 1.29 is 24.2 Å². The number of nitrogens with zero attached hydrogens (tertiary/aromatic N) is 1. The van der Waals surface area contributed by atoms with Crippen LogP contribution in [0.4, 0.5) is 5.69 Å². The predicted molar refractivity (Wildman–Crippen MR) is 103 cm³/mol. The van der Waals surface area contributed by atoms with Gasteiger partial charge in [0.25, 0.3) is 11.8 Å². The van der Waals surface area contributed by atoms with Crippen LogP contribution in [0.5, 0.6) is 11.5 Å². The van der Waals surface area contributed by atoms with E-state index in [1.54, 1.807) is 28.5 Å². The van der Waals surface area contributed by atoms with Gasteiger partial charge in [-0.15, -0.1) is 0 Å². The number of ether oxygens (including phenoxy) is 2. The van der Waals surface area contributed by atoms with E-state index in [9.17, 15) is 14.7 Å². The number of rotatable bonds is 6. The van der Waals surface area contributed by atoms with Crippen molar-refractivity contribution in [2.45, 2.75) is 18.9 Å². The Morgan fingerprint density at radius 2 is 2.11 bits per heavy atom. The summed E-state index contributed by atoms with van der Waals surface area (Å²) in [5, 5.41) is 15.8. The first kappa shape index (κ1) is 19.2. The minimum atomic E-state index is -0.296. The molecule has 0 aliphatic carbocycles. The molecule has 27 heavy (non-hydrogen) atoms. The molecule has 3 rings (SSSR count). The van der Waals surface area contributed by atoms with E-state index in [1.165, 1.54) is 25.6 Å². The fourth-order valence-corrected chi connectivity index (χ4v) is 3.86. The standard InChI is InChI=1S/C19H22N2O5S/c1-25-16-9-13(19(24)21-6-3-4-14(21)10-22)8-15(17(16)26-2)20-18(23)12-5-7-27-11-12/h5,7-9,11,14,22H,3-4,6,10H2,1-2H3,(H,20,23)/t14-/m1/s1. The number of thiophene rings is 1. The number of benzene rings is 1. The maximum Gasteiger partial charge on any atom is 0.256 e. The van der Waals surface area contributed by atoms with Gasteiger partial charge in [0.15, 0.2) is 11.5 Å². The fourth-order valence-electron chi connectivity index (χ4n) is 3.23. The van der Waals surface area contributed by atoms with Crippen molar-refractivity contribution in [1.29, 1.82) is 0 Å². The molecule has 0 spiro atoms. The van der Waals surface area contributed by atoms with Crippen LogP contribution in [0.1, 0.15) is 33.6 Å². The highest BCUT2D eigenvalue weighted by Crippen LogP contribution is 2.37. The summed E-state index contributed by atoms with van der Waals surface area (Å²) in [4.78, 5) is 27.1. The summed E-state index contributed by atoms with van der Waals surface area (Å²) in [5.74, 6) is 0.190. The van der Waals surface area contributed by atoms with Crippen molar-refractivity contribution >= 4 is 28.8 Å². The van der Waals surface area contributed by atoms with E-state index >= 15 is 0 Å². The second kappa shape index (κ2) is 8.41. The van der Waals surface area contributed by atoms with Crippen LogP contribution in [0.15, 0.2) is 29.0 Å². The molecule has 0 saturated carbocycles. The van der Waals surface area contributed by atoms with Gasteiger partial charge in [-0.2, -0.15) is 11.3 Å². The Morgan fingerprint density at radius 1 is 1.30 bits per heavy atom. The van der Waals surface area contributed by atoms with Crippen LogP contribution in [0.2, 0.25) is 0 Å². The SMILES string of the molecule is COc1cc(C(=O)N2CCC[C@@H]2CO)cc(NC(=O)c2ccsc2)c1OC. The number of aliphatic hydroxyl groups excluding tert-OH is 1. The maximum absolute atomic E-state index is 13.0. The third-order valence-corrected chi connectivity index (χ3v) is 5.29. The monoisotopic (exact) mass is 390 g/mol. The van der Waals surface area contributed by atoms with E-state index < -0.39 is 0 Å². The van der Waals surface area contributed by atoms with Crippen LogP contribution in [0.25, 0.3) is 0 Å². The van der Waals surface area contributed by atoms with Crippen molar-refractivity contribution in [2.75, 3.05) is 32.7 Å². The van der Waals surface area contributed by atoms with E-state index in [0.29, 0.717) is 34.9 Å². The summed E-state index contributed by atoms with van der Waals surface area (Å²) in [7, 11) is 2.95. The average molecular weight is 390 g/mol. The molecule has 144 valence electrons. The molecule has 2 amide bonds. The average Bonchev–Trinajstić information content (AvgIpc) is 3.38. The molecule has 2 N–H and O–H groups in total. The zero-order chi connectivity index (χ0) is 19.4. The van der Waals surface area contributed by atoms with Crippen LogP contribution in [0, 0.1) is 0 Å². The molecular weight excluding hydrogens is 368 g/mol. The quantitative estimate of drug-likeness (QED) is 0.792. The lowest BCUT2D eigenvalue weighted by Gasteiger charge is -2.24. The molecule has 8 heteroatoms. The summed E-state index contributed by atoms with van der Waals surface area (Å²) in [6.45, 7) is 0.524. The molecule has 0 unspecified atom stereocenters. The third-order valence-electron chi connectivity index (χ3n) is 4.61. The van der Waals surface area contributed by atoms with Gasteiger partial charge in [-0.25, -0.2) is 0 Å². The zero-order valence-electron chi connectivity index (χ0n) is 15.2. The number of carbonyl (C=O) groups is 2. The number of anilines is 1. The van der Waals surface area contributed by atoms with Gasteiger partial charge >= 0.3 is 0 Å². The van der Waals surface area contributed by atoms with Gasteiger partial charge in [-0.1, -0.05) is 0 Å². The van der Waals surface area contributed by atoms with Crippen LogP contribution < -0.4 is 14.8 Å². The van der Waals surface area contributed by atoms with Gasteiger partial charge in [0.1, 0.15) is 0 Å². The molecule has 0 radical (unpaired) electrons. The molecule has 1 aliphatic rings. The summed E-state index contributed by atoms with van der Waals surface area (Å²) >= 11 is 1.42. The Bertz CT molecular complexity index is 822. The lowest BCUT2D eigenvalue weighted by Crippen LogP contribution is -2.37. The second-order valence-electron chi connectivity index (χ2n) is 6.20. The molecule has 1 aromatic heterocycles. The lowest BCUT2D eigenvalue weighted by molar-refractivity contribution is 0.0677. The number of hydrogen-bond acceptors (Lipinski definition) is 6. The van der Waals surface area contributed by atoms with Gasteiger partial charge in [0.2, 0.25) is 0 Å². The van der Waals surface area contributed by atoms with Crippen molar-refractivity contribution in [3.8, 4) is 11.5 Å². The Hall–Kier alpha value is -2.58. The smallest absolute Gasteiger partial charge is 0.256 e. The highest BCUT2D eigenvalue weighted by Gasteiger charge is 2.30. The van der Waals surface area contributed by atoms with Crippen LogP contribution in [0.3, 0.4) is 0 Å². The van der Waals surface area contributed by atoms with Crippen LogP contribution in [-0.2, 0) is 0 Å². The van der Waals surface area contributed by atoms with Gasteiger partial charge in [0.05, 0.1) is 38.1 Å². The van der Waals surface area contributed by atoms with Gasteiger partial charge < -0.3 is 24.8 Å². The van der Waals surface area contributed by atoms with E-state index in [-0.39, 0.29) is 24.5 Å². The number of aliphatic hydroxyl groups is 1. The molecular formula is C19H22N2O5S. The highest BCUT2D eigenvalue weighted by atomic mass is 32.1. The summed E-state index contributed by atoms with van der Waals surface area (Å²) in [5.41, 5.74) is 1.25. The maximum atomic E-state index is 13.0. The fraction of sp³-hybridized carbons (Fsp3) is 0.368. The first-order valence-electron chi connectivity index (χ1n) is 8.60. The van der Waals surface area contributed by atoms with E-state index in [1.807, 2.05) is 5.38 Å². The molecule has 1 fully saturated rings. The number of likely N-dealkylation sites (tertiary alicyclic amines) is 1. The summed E-state index contributed by atoms with van der Waals surface area (Å²) in [6, 6.07) is 4.71. The van der Waals surface area contributed by atoms with Gasteiger partial charge in [-0.3, -0.25) is 9.59 Å². The first-order valence-corrected chi connectivity index (χ1v) is 9.54. The Balaban J connectivity index is 1.95. The molecule has 0 bridgehead atoms. The normalized spacial score (nSPS) is 16.3. The Labute approximate surface area is 161 Å². The summed E-state index contributed by atoms with van der Waals surface area (Å²) < 4.78 is 10.7. The Morgan fingerprint density at radius 3 is 2.74 bits per heavy atom. The van der Waals surface area contributed by atoms with E-state index in [0.717, 1.165) is 12.8 Å². The molecule has 1 aliphatic heterocycles. The minimum Gasteiger partial charge on any atom is -0.493 e. The van der Waals surface area contributed by atoms with Gasteiger partial charge in [0, 0.05) is 17.5 Å². The van der Waals surface area contributed by atoms with E-state index in [2.05, 4.69) is 5.32 Å². The highest BCUT2D eigenvalue weighted by molar-refractivity contribution is 7.08. The Kier molecular flexibility index (Phi) is 5.98. The lowest BCUT2D eigenvalue weighted by atomic mass is 10.1. The second-order valence-corrected chi connectivity index (χ2v) is 6.98. The number of nitrogens with one attached hydrogen (secondary N) is 1. The predicted octanol–water partition coefficient (Wildman–Crippen LogP) is 2.61. The molecule has 1 atom stereocenters. The van der Waals surface area contributed by atoms with Crippen molar-refractivity contribution in [3.63, 3.8) is 0 Å². The molecule has 1 saturated heterocycles.